The standard InChI is InChI=1S/C10H16N4O/c1-7-8(2-3-15-7)4-13-10-6-12-9(11)5-14-10/h5-8H,2-4H2,1H3,(H2,11,12)(H,13,14). The Hall–Kier alpha value is -1.36. The van der Waals surface area contributed by atoms with Gasteiger partial charge in [0.25, 0.3) is 0 Å². The molecule has 1 fully saturated rings. The van der Waals surface area contributed by atoms with Gasteiger partial charge < -0.3 is 15.8 Å². The Morgan fingerprint density at radius 2 is 2.40 bits per heavy atom. The third-order valence-electron chi connectivity index (χ3n) is 2.75. The normalized spacial score (nSPS) is 25.4. The van der Waals surface area contributed by atoms with Crippen LogP contribution in [0.2, 0.25) is 0 Å². The molecule has 82 valence electrons. The number of hydrogen-bond acceptors (Lipinski definition) is 5. The fourth-order valence-electron chi connectivity index (χ4n) is 1.71. The lowest BCUT2D eigenvalue weighted by Crippen LogP contribution is -2.21. The maximum Gasteiger partial charge on any atom is 0.144 e. The number of nitrogens with one attached hydrogen (secondary N) is 1. The molecule has 2 atom stereocenters. The van der Waals surface area contributed by atoms with Crippen molar-refractivity contribution >= 4 is 11.6 Å². The lowest BCUT2D eigenvalue weighted by atomic mass is 10.0. The van der Waals surface area contributed by atoms with Crippen LogP contribution in [0.3, 0.4) is 0 Å². The van der Waals surface area contributed by atoms with E-state index in [2.05, 4.69) is 22.2 Å². The van der Waals surface area contributed by atoms with Gasteiger partial charge in [-0.1, -0.05) is 0 Å². The highest BCUT2D eigenvalue weighted by atomic mass is 16.5. The summed E-state index contributed by atoms with van der Waals surface area (Å²) in [5, 5.41) is 3.24. The van der Waals surface area contributed by atoms with Gasteiger partial charge in [0.1, 0.15) is 11.6 Å². The van der Waals surface area contributed by atoms with Crippen LogP contribution in [0, 0.1) is 5.92 Å². The maximum absolute atomic E-state index is 5.48. The summed E-state index contributed by atoms with van der Waals surface area (Å²) in [6.07, 6.45) is 4.64. The van der Waals surface area contributed by atoms with Gasteiger partial charge in [-0.15, -0.1) is 0 Å². The fraction of sp³-hybridized carbons (Fsp3) is 0.600. The summed E-state index contributed by atoms with van der Waals surface area (Å²) in [4.78, 5) is 8.09. The third kappa shape index (κ3) is 2.56. The predicted molar refractivity (Wildman–Crippen MR) is 58.5 cm³/mol. The number of aromatic nitrogens is 2. The predicted octanol–water partition coefficient (Wildman–Crippen LogP) is 0.896. The highest BCUT2D eigenvalue weighted by Crippen LogP contribution is 2.20. The maximum atomic E-state index is 5.48. The first-order valence-corrected chi connectivity index (χ1v) is 5.18. The van der Waals surface area contributed by atoms with Crippen LogP contribution in [0.5, 0.6) is 0 Å². The van der Waals surface area contributed by atoms with Crippen LogP contribution in [-0.4, -0.2) is 29.2 Å². The van der Waals surface area contributed by atoms with Crippen molar-refractivity contribution in [2.45, 2.75) is 19.4 Å². The summed E-state index contributed by atoms with van der Waals surface area (Å²) in [5.41, 5.74) is 5.45. The summed E-state index contributed by atoms with van der Waals surface area (Å²) >= 11 is 0. The minimum atomic E-state index is 0.333. The Morgan fingerprint density at radius 1 is 1.53 bits per heavy atom. The monoisotopic (exact) mass is 208 g/mol. The van der Waals surface area contributed by atoms with E-state index in [0.717, 1.165) is 25.4 Å². The van der Waals surface area contributed by atoms with Crippen LogP contribution in [0.4, 0.5) is 11.6 Å². The van der Waals surface area contributed by atoms with Gasteiger partial charge in [0.2, 0.25) is 0 Å². The Balaban J connectivity index is 1.85. The quantitative estimate of drug-likeness (QED) is 0.772. The third-order valence-corrected chi connectivity index (χ3v) is 2.75. The van der Waals surface area contributed by atoms with E-state index in [1.54, 1.807) is 12.4 Å². The van der Waals surface area contributed by atoms with Crippen molar-refractivity contribution in [3.05, 3.63) is 12.4 Å². The first-order valence-electron chi connectivity index (χ1n) is 5.18. The van der Waals surface area contributed by atoms with Crippen molar-refractivity contribution in [2.24, 2.45) is 5.92 Å². The van der Waals surface area contributed by atoms with Crippen LogP contribution in [-0.2, 0) is 4.74 Å². The van der Waals surface area contributed by atoms with E-state index in [0.29, 0.717) is 17.8 Å². The molecule has 5 nitrogen and oxygen atoms in total. The number of ether oxygens (including phenoxy) is 1. The number of nitrogens with two attached hydrogens (primary N) is 1. The first kappa shape index (κ1) is 10.2. The average Bonchev–Trinajstić information content (AvgIpc) is 2.63. The second-order valence-corrected chi connectivity index (χ2v) is 3.83. The minimum Gasteiger partial charge on any atom is -0.382 e. The molecule has 0 spiro atoms. The van der Waals surface area contributed by atoms with Gasteiger partial charge in [0, 0.05) is 19.1 Å². The van der Waals surface area contributed by atoms with Crippen LogP contribution >= 0.6 is 0 Å². The molecule has 2 rings (SSSR count). The molecule has 5 heteroatoms. The largest absolute Gasteiger partial charge is 0.382 e. The molecule has 1 aliphatic heterocycles. The molecular formula is C10H16N4O. The van der Waals surface area contributed by atoms with E-state index in [4.69, 9.17) is 10.5 Å². The van der Waals surface area contributed by atoms with Crippen molar-refractivity contribution in [1.82, 2.24) is 9.97 Å². The average molecular weight is 208 g/mol. The summed E-state index contributed by atoms with van der Waals surface area (Å²) in [6.45, 7) is 3.84. The number of rotatable bonds is 3. The van der Waals surface area contributed by atoms with E-state index in [-0.39, 0.29) is 0 Å². The van der Waals surface area contributed by atoms with Crippen molar-refractivity contribution in [1.29, 1.82) is 0 Å². The second kappa shape index (κ2) is 4.44. The highest BCUT2D eigenvalue weighted by Gasteiger charge is 2.23. The molecule has 0 bridgehead atoms. The lowest BCUT2D eigenvalue weighted by Gasteiger charge is -2.14. The molecule has 3 N–H and O–H groups in total. The summed E-state index contributed by atoms with van der Waals surface area (Å²) < 4.78 is 5.48. The summed E-state index contributed by atoms with van der Waals surface area (Å²) in [5.74, 6) is 1.77. The molecule has 2 unspecified atom stereocenters. The molecule has 2 heterocycles. The molecule has 15 heavy (non-hydrogen) atoms. The van der Waals surface area contributed by atoms with Crippen molar-refractivity contribution in [3.63, 3.8) is 0 Å². The zero-order chi connectivity index (χ0) is 10.7. The molecule has 0 amide bonds. The van der Waals surface area contributed by atoms with Gasteiger partial charge in [0.05, 0.1) is 18.5 Å². The van der Waals surface area contributed by atoms with Crippen LogP contribution in [0.25, 0.3) is 0 Å². The van der Waals surface area contributed by atoms with Gasteiger partial charge >= 0.3 is 0 Å². The minimum absolute atomic E-state index is 0.333. The zero-order valence-corrected chi connectivity index (χ0v) is 8.81. The molecule has 1 aromatic heterocycles. The van der Waals surface area contributed by atoms with Crippen LogP contribution in [0.15, 0.2) is 12.4 Å². The molecular weight excluding hydrogens is 192 g/mol. The van der Waals surface area contributed by atoms with Gasteiger partial charge in [-0.2, -0.15) is 0 Å². The van der Waals surface area contributed by atoms with E-state index in [9.17, 15) is 0 Å². The Labute approximate surface area is 89.1 Å². The van der Waals surface area contributed by atoms with Crippen LogP contribution in [0.1, 0.15) is 13.3 Å². The molecule has 0 aliphatic carbocycles. The molecule has 0 saturated carbocycles. The molecule has 1 aliphatic rings. The number of hydrogen-bond donors (Lipinski definition) is 2. The summed E-state index contributed by atoms with van der Waals surface area (Å²) in [6, 6.07) is 0. The highest BCUT2D eigenvalue weighted by molar-refractivity contribution is 5.35. The number of anilines is 2. The Bertz CT molecular complexity index is 314. The number of nitrogen functional groups attached to an aromatic ring is 1. The zero-order valence-electron chi connectivity index (χ0n) is 8.81. The van der Waals surface area contributed by atoms with Gasteiger partial charge in [-0.05, 0) is 13.3 Å². The van der Waals surface area contributed by atoms with Crippen molar-refractivity contribution in [2.75, 3.05) is 24.2 Å². The topological polar surface area (TPSA) is 73.1 Å². The van der Waals surface area contributed by atoms with E-state index in [1.165, 1.54) is 0 Å². The Kier molecular flexibility index (Phi) is 3.01. The number of nitrogens with zero attached hydrogens (tertiary/aromatic N) is 2. The van der Waals surface area contributed by atoms with Gasteiger partial charge in [-0.25, -0.2) is 9.97 Å². The SMILES string of the molecule is CC1OCCC1CNc1cnc(N)cn1. The van der Waals surface area contributed by atoms with E-state index in [1.807, 2.05) is 0 Å². The van der Waals surface area contributed by atoms with Crippen molar-refractivity contribution < 1.29 is 4.74 Å². The van der Waals surface area contributed by atoms with E-state index >= 15 is 0 Å². The summed E-state index contributed by atoms with van der Waals surface area (Å²) in [7, 11) is 0. The molecule has 0 radical (unpaired) electrons. The molecule has 0 aromatic carbocycles. The smallest absolute Gasteiger partial charge is 0.144 e. The lowest BCUT2D eigenvalue weighted by molar-refractivity contribution is 0.108. The second-order valence-electron chi connectivity index (χ2n) is 3.83. The van der Waals surface area contributed by atoms with Gasteiger partial charge in [0.15, 0.2) is 0 Å². The fourth-order valence-corrected chi connectivity index (χ4v) is 1.71. The van der Waals surface area contributed by atoms with Crippen molar-refractivity contribution in [3.8, 4) is 0 Å². The van der Waals surface area contributed by atoms with Crippen LogP contribution < -0.4 is 11.1 Å². The molecule has 1 saturated heterocycles. The Morgan fingerprint density at radius 3 is 3.00 bits per heavy atom. The van der Waals surface area contributed by atoms with E-state index < -0.39 is 0 Å². The molecule has 1 aromatic rings. The first-order chi connectivity index (χ1) is 7.25. The van der Waals surface area contributed by atoms with Gasteiger partial charge in [-0.3, -0.25) is 0 Å².